The van der Waals surface area contributed by atoms with E-state index in [1.54, 1.807) is 7.11 Å². The number of ether oxygens (including phenoxy) is 1. The highest BCUT2D eigenvalue weighted by atomic mass is 16.5. The first-order chi connectivity index (χ1) is 8.53. The molecule has 0 heterocycles. The zero-order valence-electron chi connectivity index (χ0n) is 12.2. The normalized spacial score (nSPS) is 12.8. The summed E-state index contributed by atoms with van der Waals surface area (Å²) in [6.07, 6.45) is -0.501. The molecular formula is C15H25NO2. The van der Waals surface area contributed by atoms with Gasteiger partial charge in [0, 0.05) is 12.1 Å². The zero-order chi connectivity index (χ0) is 13.7. The lowest BCUT2D eigenvalue weighted by Crippen LogP contribution is -2.28. The molecule has 0 aliphatic carbocycles. The van der Waals surface area contributed by atoms with E-state index in [0.29, 0.717) is 6.54 Å². The van der Waals surface area contributed by atoms with E-state index in [1.807, 2.05) is 19.9 Å². The van der Waals surface area contributed by atoms with Gasteiger partial charge in [0.25, 0.3) is 0 Å². The molecule has 0 saturated heterocycles. The van der Waals surface area contributed by atoms with Crippen LogP contribution in [0.25, 0.3) is 0 Å². The van der Waals surface area contributed by atoms with Crippen LogP contribution in [0.4, 0.5) is 0 Å². The molecule has 1 N–H and O–H groups in total. The van der Waals surface area contributed by atoms with Crippen molar-refractivity contribution in [3.05, 3.63) is 28.8 Å². The van der Waals surface area contributed by atoms with Crippen molar-refractivity contribution in [1.82, 2.24) is 4.90 Å². The molecular weight excluding hydrogens is 226 g/mol. The van der Waals surface area contributed by atoms with E-state index in [-0.39, 0.29) is 0 Å². The summed E-state index contributed by atoms with van der Waals surface area (Å²) in [6.45, 7) is 10.8. The first-order valence-corrected chi connectivity index (χ1v) is 6.59. The number of aryl methyl sites for hydroxylation is 2. The van der Waals surface area contributed by atoms with E-state index >= 15 is 0 Å². The Kier molecular flexibility index (Phi) is 5.63. The topological polar surface area (TPSA) is 32.7 Å². The number of rotatable bonds is 6. The van der Waals surface area contributed by atoms with Crippen LogP contribution in [0.15, 0.2) is 12.1 Å². The van der Waals surface area contributed by atoms with Crippen LogP contribution in [0.3, 0.4) is 0 Å². The standard InChI is InChI=1S/C15H25NO2/c1-6-16(7-2)10-14(17)13-9-11(3)8-12(4)15(13)18-5/h8-9,14,17H,6-7,10H2,1-5H3. The number of hydrogen-bond acceptors (Lipinski definition) is 3. The van der Waals surface area contributed by atoms with Gasteiger partial charge >= 0.3 is 0 Å². The van der Waals surface area contributed by atoms with Gasteiger partial charge in [0.1, 0.15) is 5.75 Å². The molecule has 0 spiro atoms. The zero-order valence-corrected chi connectivity index (χ0v) is 12.2. The molecule has 0 bridgehead atoms. The van der Waals surface area contributed by atoms with Gasteiger partial charge in [0.2, 0.25) is 0 Å². The maximum absolute atomic E-state index is 10.4. The van der Waals surface area contributed by atoms with Gasteiger partial charge in [-0.25, -0.2) is 0 Å². The number of likely N-dealkylation sites (N-methyl/N-ethyl adjacent to an activating group) is 1. The summed E-state index contributed by atoms with van der Waals surface area (Å²) in [5.41, 5.74) is 3.12. The number of methoxy groups -OCH3 is 1. The van der Waals surface area contributed by atoms with Gasteiger partial charge in [-0.15, -0.1) is 0 Å². The molecule has 0 radical (unpaired) electrons. The number of aliphatic hydroxyl groups is 1. The summed E-state index contributed by atoms with van der Waals surface area (Å²) in [5.74, 6) is 0.806. The predicted octanol–water partition coefficient (Wildman–Crippen LogP) is 2.69. The van der Waals surface area contributed by atoms with Gasteiger partial charge in [-0.2, -0.15) is 0 Å². The third kappa shape index (κ3) is 3.47. The lowest BCUT2D eigenvalue weighted by atomic mass is 10.0. The Labute approximate surface area is 110 Å². The second-order valence-corrected chi connectivity index (χ2v) is 4.71. The Hall–Kier alpha value is -1.06. The lowest BCUT2D eigenvalue weighted by Gasteiger charge is -2.24. The molecule has 1 rings (SSSR count). The molecule has 1 aromatic carbocycles. The highest BCUT2D eigenvalue weighted by Gasteiger charge is 2.17. The molecule has 3 nitrogen and oxygen atoms in total. The van der Waals surface area contributed by atoms with Crippen LogP contribution < -0.4 is 4.74 Å². The molecule has 3 heteroatoms. The summed E-state index contributed by atoms with van der Waals surface area (Å²) in [4.78, 5) is 2.21. The second kappa shape index (κ2) is 6.76. The summed E-state index contributed by atoms with van der Waals surface area (Å²) < 4.78 is 5.42. The van der Waals surface area contributed by atoms with Crippen LogP contribution in [-0.4, -0.2) is 36.8 Å². The Morgan fingerprint density at radius 1 is 1.22 bits per heavy atom. The lowest BCUT2D eigenvalue weighted by molar-refractivity contribution is 0.116. The molecule has 18 heavy (non-hydrogen) atoms. The summed E-state index contributed by atoms with van der Waals surface area (Å²) in [6, 6.07) is 4.09. The molecule has 0 aliphatic rings. The van der Waals surface area contributed by atoms with Crippen LogP contribution in [-0.2, 0) is 0 Å². The van der Waals surface area contributed by atoms with Crippen molar-refractivity contribution < 1.29 is 9.84 Å². The van der Waals surface area contributed by atoms with E-state index in [4.69, 9.17) is 4.74 Å². The van der Waals surface area contributed by atoms with E-state index in [1.165, 1.54) is 0 Å². The van der Waals surface area contributed by atoms with Crippen LogP contribution in [0, 0.1) is 13.8 Å². The van der Waals surface area contributed by atoms with Gasteiger partial charge in [0.05, 0.1) is 13.2 Å². The molecule has 0 aliphatic heterocycles. The number of benzene rings is 1. The van der Waals surface area contributed by atoms with Crippen molar-refractivity contribution in [2.24, 2.45) is 0 Å². The SMILES string of the molecule is CCN(CC)CC(O)c1cc(C)cc(C)c1OC. The van der Waals surface area contributed by atoms with E-state index in [2.05, 4.69) is 24.8 Å². The first-order valence-electron chi connectivity index (χ1n) is 6.59. The maximum Gasteiger partial charge on any atom is 0.127 e. The van der Waals surface area contributed by atoms with Crippen molar-refractivity contribution in [2.45, 2.75) is 33.8 Å². The van der Waals surface area contributed by atoms with Crippen molar-refractivity contribution >= 4 is 0 Å². The number of nitrogens with zero attached hydrogens (tertiary/aromatic N) is 1. The first kappa shape index (κ1) is 15.0. The van der Waals surface area contributed by atoms with Gasteiger partial charge in [-0.05, 0) is 38.6 Å². The molecule has 1 atom stereocenters. The third-order valence-electron chi connectivity index (χ3n) is 3.34. The van der Waals surface area contributed by atoms with Gasteiger partial charge in [-0.3, -0.25) is 0 Å². The fourth-order valence-corrected chi connectivity index (χ4v) is 2.34. The quantitative estimate of drug-likeness (QED) is 0.843. The van der Waals surface area contributed by atoms with Gasteiger partial charge < -0.3 is 14.7 Å². The van der Waals surface area contributed by atoms with Crippen molar-refractivity contribution in [3.8, 4) is 5.75 Å². The molecule has 102 valence electrons. The summed E-state index contributed by atoms with van der Waals surface area (Å²) in [5, 5.41) is 10.4. The largest absolute Gasteiger partial charge is 0.496 e. The summed E-state index contributed by atoms with van der Waals surface area (Å²) >= 11 is 0. The molecule has 0 fully saturated rings. The second-order valence-electron chi connectivity index (χ2n) is 4.71. The minimum Gasteiger partial charge on any atom is -0.496 e. The molecule has 0 aromatic heterocycles. The maximum atomic E-state index is 10.4. The van der Waals surface area contributed by atoms with Crippen LogP contribution in [0.5, 0.6) is 5.75 Å². The molecule has 0 amide bonds. The Balaban J connectivity index is 3.00. The molecule has 1 aromatic rings. The van der Waals surface area contributed by atoms with Gasteiger partial charge in [0.15, 0.2) is 0 Å². The smallest absolute Gasteiger partial charge is 0.127 e. The van der Waals surface area contributed by atoms with Gasteiger partial charge in [-0.1, -0.05) is 25.5 Å². The number of aliphatic hydroxyl groups excluding tert-OH is 1. The van der Waals surface area contributed by atoms with Crippen molar-refractivity contribution in [3.63, 3.8) is 0 Å². The van der Waals surface area contributed by atoms with E-state index in [0.717, 1.165) is 35.5 Å². The van der Waals surface area contributed by atoms with Crippen molar-refractivity contribution in [1.29, 1.82) is 0 Å². The minimum absolute atomic E-state index is 0.501. The minimum atomic E-state index is -0.501. The van der Waals surface area contributed by atoms with E-state index < -0.39 is 6.10 Å². The Morgan fingerprint density at radius 3 is 2.33 bits per heavy atom. The average molecular weight is 251 g/mol. The highest BCUT2D eigenvalue weighted by molar-refractivity contribution is 5.45. The molecule has 0 saturated carbocycles. The summed E-state index contributed by atoms with van der Waals surface area (Å²) in [7, 11) is 1.66. The monoisotopic (exact) mass is 251 g/mol. The van der Waals surface area contributed by atoms with Crippen LogP contribution in [0.2, 0.25) is 0 Å². The predicted molar refractivity (Wildman–Crippen MR) is 75.2 cm³/mol. The Morgan fingerprint density at radius 2 is 1.83 bits per heavy atom. The van der Waals surface area contributed by atoms with E-state index in [9.17, 15) is 5.11 Å². The van der Waals surface area contributed by atoms with Crippen LogP contribution >= 0.6 is 0 Å². The fraction of sp³-hybridized carbons (Fsp3) is 0.600. The third-order valence-corrected chi connectivity index (χ3v) is 3.34. The fourth-order valence-electron chi connectivity index (χ4n) is 2.34. The molecule has 1 unspecified atom stereocenters. The van der Waals surface area contributed by atoms with Crippen molar-refractivity contribution in [2.75, 3.05) is 26.7 Å². The number of hydrogen-bond donors (Lipinski definition) is 1. The highest BCUT2D eigenvalue weighted by Crippen LogP contribution is 2.30. The van der Waals surface area contributed by atoms with Crippen LogP contribution in [0.1, 0.15) is 36.6 Å². The Bertz CT molecular complexity index is 386. The average Bonchev–Trinajstić information content (AvgIpc) is 2.34.